The number of likely N-dealkylation sites (tertiary alicyclic amines) is 1. The lowest BCUT2D eigenvalue weighted by molar-refractivity contribution is -0.129. The number of nitrogens with zero attached hydrogens (tertiary/aromatic N) is 2. The fourth-order valence-electron chi connectivity index (χ4n) is 3.94. The van der Waals surface area contributed by atoms with Crippen molar-refractivity contribution in [2.24, 2.45) is 5.92 Å². The molecule has 2 aromatic heterocycles. The van der Waals surface area contributed by atoms with Gasteiger partial charge in [-0.05, 0) is 23.8 Å². The molecule has 1 aliphatic rings. The Balaban J connectivity index is 1.51. The van der Waals surface area contributed by atoms with Crippen molar-refractivity contribution in [1.82, 2.24) is 14.9 Å². The van der Waals surface area contributed by atoms with Crippen LogP contribution in [0.5, 0.6) is 0 Å². The van der Waals surface area contributed by atoms with Crippen molar-refractivity contribution < 1.29 is 9.53 Å². The summed E-state index contributed by atoms with van der Waals surface area (Å²) in [4.78, 5) is 22.6. The number of methoxy groups -OCH3 is 1. The van der Waals surface area contributed by atoms with Crippen LogP contribution in [0.4, 0.5) is 0 Å². The average molecular weight is 349 g/mol. The summed E-state index contributed by atoms with van der Waals surface area (Å²) < 4.78 is 5.40. The van der Waals surface area contributed by atoms with Crippen molar-refractivity contribution in [3.8, 4) is 0 Å². The molecule has 1 aliphatic heterocycles. The molecule has 0 radical (unpaired) electrons. The molecule has 0 spiro atoms. The minimum atomic E-state index is 0.161. The highest BCUT2D eigenvalue weighted by molar-refractivity contribution is 5.89. The van der Waals surface area contributed by atoms with Crippen molar-refractivity contribution >= 4 is 16.8 Å². The van der Waals surface area contributed by atoms with Crippen LogP contribution in [-0.2, 0) is 16.0 Å². The maximum atomic E-state index is 12.9. The van der Waals surface area contributed by atoms with Crippen LogP contribution in [0.25, 0.3) is 10.9 Å². The van der Waals surface area contributed by atoms with Crippen molar-refractivity contribution in [3.63, 3.8) is 0 Å². The first-order valence-corrected chi connectivity index (χ1v) is 8.99. The Morgan fingerprint density at radius 3 is 2.88 bits per heavy atom. The van der Waals surface area contributed by atoms with Crippen molar-refractivity contribution in [3.05, 3.63) is 66.1 Å². The van der Waals surface area contributed by atoms with Gasteiger partial charge in [-0.15, -0.1) is 0 Å². The summed E-state index contributed by atoms with van der Waals surface area (Å²) in [5.41, 5.74) is 3.16. The van der Waals surface area contributed by atoms with E-state index in [1.54, 1.807) is 7.11 Å². The zero-order valence-corrected chi connectivity index (χ0v) is 14.9. The number of ether oxygens (including phenoxy) is 1. The van der Waals surface area contributed by atoms with E-state index in [4.69, 9.17) is 4.74 Å². The number of benzene rings is 1. The zero-order chi connectivity index (χ0) is 17.9. The number of H-pyrrole nitrogens is 1. The molecule has 3 heterocycles. The van der Waals surface area contributed by atoms with Crippen LogP contribution < -0.4 is 0 Å². The normalized spacial score (nSPS) is 20.0. The van der Waals surface area contributed by atoms with Gasteiger partial charge in [0.2, 0.25) is 5.91 Å². The molecule has 0 unspecified atom stereocenters. The second-order valence-electron chi connectivity index (χ2n) is 6.91. The molecule has 0 aliphatic carbocycles. The molecular formula is C21H23N3O2. The van der Waals surface area contributed by atoms with Crippen molar-refractivity contribution in [1.29, 1.82) is 0 Å². The van der Waals surface area contributed by atoms with Gasteiger partial charge in [0.1, 0.15) is 0 Å². The van der Waals surface area contributed by atoms with Crippen LogP contribution in [0.2, 0.25) is 0 Å². The van der Waals surface area contributed by atoms with E-state index < -0.39 is 0 Å². The number of aromatic nitrogens is 2. The smallest absolute Gasteiger partial charge is 0.227 e. The quantitative estimate of drug-likeness (QED) is 0.770. The summed E-state index contributed by atoms with van der Waals surface area (Å²) in [6.07, 6.45) is 4.18. The van der Waals surface area contributed by atoms with Crippen LogP contribution in [0, 0.1) is 5.92 Å². The van der Waals surface area contributed by atoms with Gasteiger partial charge in [-0.2, -0.15) is 0 Å². The number of fused-ring (bicyclic) bond motifs is 1. The lowest BCUT2D eigenvalue weighted by Gasteiger charge is -2.16. The lowest BCUT2D eigenvalue weighted by atomic mass is 9.93. The Kier molecular flexibility index (Phi) is 4.71. The van der Waals surface area contributed by atoms with E-state index in [1.165, 1.54) is 0 Å². The average Bonchev–Trinajstić information content (AvgIpc) is 3.28. The third-order valence-corrected chi connectivity index (χ3v) is 5.26. The molecule has 5 nitrogen and oxygen atoms in total. The summed E-state index contributed by atoms with van der Waals surface area (Å²) in [5.74, 6) is 0.666. The SMILES string of the molecule is COC[C@@H]1CN(C(=O)Cc2c[nH]c3ccccc23)C[C@H]1c1ccccn1. The third kappa shape index (κ3) is 3.22. The number of hydrogen-bond acceptors (Lipinski definition) is 3. The van der Waals surface area contributed by atoms with Crippen molar-refractivity contribution in [2.75, 3.05) is 26.8 Å². The number of aromatic amines is 1. The number of rotatable bonds is 5. The second-order valence-corrected chi connectivity index (χ2v) is 6.91. The molecule has 1 aromatic carbocycles. The van der Waals surface area contributed by atoms with Crippen molar-refractivity contribution in [2.45, 2.75) is 12.3 Å². The Hall–Kier alpha value is -2.66. The molecule has 1 fully saturated rings. The van der Waals surface area contributed by atoms with E-state index in [2.05, 4.69) is 16.0 Å². The highest BCUT2D eigenvalue weighted by atomic mass is 16.5. The summed E-state index contributed by atoms with van der Waals surface area (Å²) in [7, 11) is 1.71. The first kappa shape index (κ1) is 16.8. The number of para-hydroxylation sites is 1. The predicted molar refractivity (Wildman–Crippen MR) is 101 cm³/mol. The number of carbonyl (C=O) groups excluding carboxylic acids is 1. The van der Waals surface area contributed by atoms with Crippen LogP contribution in [0.15, 0.2) is 54.9 Å². The molecule has 1 saturated heterocycles. The fourth-order valence-corrected chi connectivity index (χ4v) is 3.94. The molecule has 0 saturated carbocycles. The van der Waals surface area contributed by atoms with Gasteiger partial charge in [0.25, 0.3) is 0 Å². The first-order chi connectivity index (χ1) is 12.8. The summed E-state index contributed by atoms with van der Waals surface area (Å²) in [6.45, 7) is 2.06. The molecule has 4 rings (SSSR count). The summed E-state index contributed by atoms with van der Waals surface area (Å²) >= 11 is 0. The predicted octanol–water partition coefficient (Wildman–Crippen LogP) is 2.99. The Morgan fingerprint density at radius 2 is 2.08 bits per heavy atom. The van der Waals surface area contributed by atoms with Gasteiger partial charge in [-0.25, -0.2) is 0 Å². The Bertz CT molecular complexity index is 890. The number of amides is 1. The van der Waals surface area contributed by atoms with Crippen LogP contribution >= 0.6 is 0 Å². The van der Waals surface area contributed by atoms with E-state index in [0.29, 0.717) is 19.6 Å². The van der Waals surface area contributed by atoms with E-state index in [9.17, 15) is 4.79 Å². The van der Waals surface area contributed by atoms with Gasteiger partial charge in [0, 0.05) is 61.0 Å². The largest absolute Gasteiger partial charge is 0.384 e. The molecule has 5 heteroatoms. The van der Waals surface area contributed by atoms with Gasteiger partial charge in [0.05, 0.1) is 13.0 Å². The van der Waals surface area contributed by atoms with Gasteiger partial charge in [-0.3, -0.25) is 9.78 Å². The molecule has 0 bridgehead atoms. The fraction of sp³-hybridized carbons (Fsp3) is 0.333. The standard InChI is InChI=1S/C21H23N3O2/c1-26-14-16-12-24(13-18(16)20-8-4-5-9-22-20)21(25)10-15-11-23-19-7-3-2-6-17(15)19/h2-9,11,16,18,23H,10,12-14H2,1H3/t16-,18+/m0/s1. The van der Waals surface area contributed by atoms with Crippen LogP contribution in [0.1, 0.15) is 17.2 Å². The first-order valence-electron chi connectivity index (χ1n) is 8.99. The van der Waals surface area contributed by atoms with E-state index in [-0.39, 0.29) is 17.7 Å². The topological polar surface area (TPSA) is 58.2 Å². The second kappa shape index (κ2) is 7.30. The van der Waals surface area contributed by atoms with Crippen LogP contribution in [0.3, 0.4) is 0 Å². The van der Waals surface area contributed by atoms with Crippen LogP contribution in [-0.4, -0.2) is 47.6 Å². The number of hydrogen-bond donors (Lipinski definition) is 1. The monoisotopic (exact) mass is 349 g/mol. The van der Waals surface area contributed by atoms with E-state index >= 15 is 0 Å². The molecule has 26 heavy (non-hydrogen) atoms. The number of nitrogens with one attached hydrogen (secondary N) is 1. The lowest BCUT2D eigenvalue weighted by Crippen LogP contribution is -2.30. The minimum absolute atomic E-state index is 0.161. The highest BCUT2D eigenvalue weighted by Crippen LogP contribution is 2.32. The molecule has 1 amide bonds. The molecule has 134 valence electrons. The molecular weight excluding hydrogens is 326 g/mol. The van der Waals surface area contributed by atoms with Gasteiger partial charge in [-0.1, -0.05) is 24.3 Å². The van der Waals surface area contributed by atoms with Gasteiger partial charge in [0.15, 0.2) is 0 Å². The Labute approximate surface area is 153 Å². The molecule has 1 N–H and O–H groups in total. The summed E-state index contributed by atoms with van der Waals surface area (Å²) in [6, 6.07) is 14.1. The van der Waals surface area contributed by atoms with Gasteiger partial charge >= 0.3 is 0 Å². The van der Waals surface area contributed by atoms with E-state index in [0.717, 1.165) is 28.7 Å². The summed E-state index contributed by atoms with van der Waals surface area (Å²) in [5, 5.41) is 1.12. The van der Waals surface area contributed by atoms with Gasteiger partial charge < -0.3 is 14.6 Å². The zero-order valence-electron chi connectivity index (χ0n) is 14.9. The van der Waals surface area contributed by atoms with E-state index in [1.807, 2.05) is 53.7 Å². The Morgan fingerprint density at radius 1 is 1.23 bits per heavy atom. The number of carbonyl (C=O) groups is 1. The maximum absolute atomic E-state index is 12.9. The number of pyridine rings is 1. The molecule has 2 atom stereocenters. The third-order valence-electron chi connectivity index (χ3n) is 5.26. The molecule has 3 aromatic rings. The maximum Gasteiger partial charge on any atom is 0.227 e. The minimum Gasteiger partial charge on any atom is -0.384 e. The highest BCUT2D eigenvalue weighted by Gasteiger charge is 2.36.